The minimum atomic E-state index is 0.0741. The second-order valence-corrected chi connectivity index (χ2v) is 5.85. The molecule has 0 spiro atoms. The molecule has 0 saturated carbocycles. The van der Waals surface area contributed by atoms with Crippen LogP contribution in [0.25, 0.3) is 0 Å². The molecule has 1 aromatic carbocycles. The smallest absolute Gasteiger partial charge is 0.124 e. The van der Waals surface area contributed by atoms with Crippen LogP contribution in [0.2, 0.25) is 0 Å². The maximum atomic E-state index is 6.19. The standard InChI is InChI=1S/C13H17NOS/c1-13(8-16-9-13)15-12-4-2-3-10-7-14-6-5-11(10)12/h2-4,14H,5-9H2,1H3. The van der Waals surface area contributed by atoms with Crippen LogP contribution in [0.4, 0.5) is 0 Å². The summed E-state index contributed by atoms with van der Waals surface area (Å²) in [6.07, 6.45) is 1.09. The van der Waals surface area contributed by atoms with E-state index in [0.717, 1.165) is 36.8 Å². The van der Waals surface area contributed by atoms with Crippen molar-refractivity contribution in [2.45, 2.75) is 25.5 Å². The van der Waals surface area contributed by atoms with E-state index in [0.29, 0.717) is 0 Å². The zero-order valence-electron chi connectivity index (χ0n) is 9.58. The molecule has 86 valence electrons. The van der Waals surface area contributed by atoms with Crippen molar-refractivity contribution >= 4 is 11.8 Å². The van der Waals surface area contributed by atoms with E-state index < -0.39 is 0 Å². The minimum Gasteiger partial charge on any atom is -0.486 e. The molecule has 0 atom stereocenters. The van der Waals surface area contributed by atoms with Crippen LogP contribution in [0.15, 0.2) is 18.2 Å². The van der Waals surface area contributed by atoms with Gasteiger partial charge in [-0.3, -0.25) is 0 Å². The Bertz CT molecular complexity index is 401. The molecule has 2 aliphatic heterocycles. The van der Waals surface area contributed by atoms with E-state index in [2.05, 4.69) is 30.4 Å². The van der Waals surface area contributed by atoms with Crippen molar-refractivity contribution in [2.75, 3.05) is 18.1 Å². The van der Waals surface area contributed by atoms with E-state index in [9.17, 15) is 0 Å². The van der Waals surface area contributed by atoms with E-state index in [-0.39, 0.29) is 5.60 Å². The molecule has 1 fully saturated rings. The highest BCUT2D eigenvalue weighted by Gasteiger charge is 2.35. The molecule has 2 aliphatic rings. The van der Waals surface area contributed by atoms with Crippen molar-refractivity contribution in [3.05, 3.63) is 29.3 Å². The summed E-state index contributed by atoms with van der Waals surface area (Å²) in [6.45, 7) is 4.26. The third-order valence-electron chi connectivity index (χ3n) is 3.27. The first-order valence-electron chi connectivity index (χ1n) is 5.85. The van der Waals surface area contributed by atoms with Gasteiger partial charge < -0.3 is 10.1 Å². The number of benzene rings is 1. The van der Waals surface area contributed by atoms with Gasteiger partial charge in [-0.2, -0.15) is 11.8 Å². The lowest BCUT2D eigenvalue weighted by molar-refractivity contribution is 0.127. The van der Waals surface area contributed by atoms with Crippen molar-refractivity contribution < 1.29 is 4.74 Å². The van der Waals surface area contributed by atoms with Gasteiger partial charge in [0.25, 0.3) is 0 Å². The summed E-state index contributed by atoms with van der Waals surface area (Å²) in [4.78, 5) is 0. The number of rotatable bonds is 2. The molecule has 2 nitrogen and oxygen atoms in total. The van der Waals surface area contributed by atoms with Crippen LogP contribution in [0, 0.1) is 0 Å². The topological polar surface area (TPSA) is 21.3 Å². The van der Waals surface area contributed by atoms with Gasteiger partial charge in [-0.05, 0) is 37.1 Å². The maximum absolute atomic E-state index is 6.19. The van der Waals surface area contributed by atoms with Gasteiger partial charge in [-0.1, -0.05) is 12.1 Å². The molecule has 16 heavy (non-hydrogen) atoms. The first-order chi connectivity index (χ1) is 7.77. The van der Waals surface area contributed by atoms with Crippen molar-refractivity contribution in [1.82, 2.24) is 5.32 Å². The quantitative estimate of drug-likeness (QED) is 0.849. The molecule has 0 unspecified atom stereocenters. The van der Waals surface area contributed by atoms with Gasteiger partial charge >= 0.3 is 0 Å². The van der Waals surface area contributed by atoms with Gasteiger partial charge in [0.05, 0.1) is 0 Å². The van der Waals surface area contributed by atoms with Crippen LogP contribution in [0.3, 0.4) is 0 Å². The molecule has 1 saturated heterocycles. The summed E-state index contributed by atoms with van der Waals surface area (Å²) in [5.41, 5.74) is 2.89. The van der Waals surface area contributed by atoms with Crippen LogP contribution in [-0.4, -0.2) is 23.7 Å². The molecule has 0 radical (unpaired) electrons. The van der Waals surface area contributed by atoms with Crippen LogP contribution < -0.4 is 10.1 Å². The molecule has 0 bridgehead atoms. The summed E-state index contributed by atoms with van der Waals surface area (Å²) in [5.74, 6) is 3.35. The summed E-state index contributed by atoms with van der Waals surface area (Å²) in [7, 11) is 0. The molecule has 1 aromatic rings. The predicted molar refractivity (Wildman–Crippen MR) is 68.2 cm³/mol. The van der Waals surface area contributed by atoms with Crippen molar-refractivity contribution in [3.8, 4) is 5.75 Å². The second kappa shape index (κ2) is 3.97. The molecule has 0 aromatic heterocycles. The van der Waals surface area contributed by atoms with E-state index in [1.165, 1.54) is 11.1 Å². The normalized spacial score (nSPS) is 22.1. The number of fused-ring (bicyclic) bond motifs is 1. The van der Waals surface area contributed by atoms with Crippen molar-refractivity contribution in [3.63, 3.8) is 0 Å². The Kier molecular flexibility index (Phi) is 2.60. The zero-order chi connectivity index (χ0) is 11.0. The Morgan fingerprint density at radius 2 is 2.25 bits per heavy atom. The minimum absolute atomic E-state index is 0.0741. The lowest BCUT2D eigenvalue weighted by Crippen LogP contribution is -2.46. The molecular weight excluding hydrogens is 218 g/mol. The zero-order valence-corrected chi connectivity index (χ0v) is 10.4. The third-order valence-corrected chi connectivity index (χ3v) is 4.90. The van der Waals surface area contributed by atoms with Crippen LogP contribution in [0.5, 0.6) is 5.75 Å². The predicted octanol–water partition coefficient (Wildman–Crippen LogP) is 2.22. The fourth-order valence-electron chi connectivity index (χ4n) is 2.31. The molecule has 1 N–H and O–H groups in total. The Hall–Kier alpha value is -0.670. The van der Waals surface area contributed by atoms with Gasteiger partial charge in [-0.25, -0.2) is 0 Å². The first kappa shape index (κ1) is 10.5. The fourth-order valence-corrected chi connectivity index (χ4v) is 3.20. The maximum Gasteiger partial charge on any atom is 0.124 e. The molecule has 0 aliphatic carbocycles. The van der Waals surface area contributed by atoms with Crippen LogP contribution in [-0.2, 0) is 13.0 Å². The average molecular weight is 235 g/mol. The number of hydrogen-bond acceptors (Lipinski definition) is 3. The monoisotopic (exact) mass is 235 g/mol. The van der Waals surface area contributed by atoms with Gasteiger partial charge in [0.15, 0.2) is 0 Å². The van der Waals surface area contributed by atoms with Gasteiger partial charge in [0.2, 0.25) is 0 Å². The SMILES string of the molecule is CC1(Oc2cccc3c2CCNC3)CSC1. The molecule has 3 heteroatoms. The largest absolute Gasteiger partial charge is 0.486 e. The summed E-state index contributed by atoms with van der Waals surface area (Å²) in [6, 6.07) is 6.43. The summed E-state index contributed by atoms with van der Waals surface area (Å²) in [5, 5.41) is 3.40. The van der Waals surface area contributed by atoms with Gasteiger partial charge in [0, 0.05) is 18.1 Å². The lowest BCUT2D eigenvalue weighted by atomic mass is 9.99. The summed E-state index contributed by atoms with van der Waals surface area (Å²) < 4.78 is 6.19. The van der Waals surface area contributed by atoms with Crippen molar-refractivity contribution in [2.24, 2.45) is 0 Å². The van der Waals surface area contributed by atoms with E-state index in [4.69, 9.17) is 4.74 Å². The molecule has 0 amide bonds. The first-order valence-corrected chi connectivity index (χ1v) is 7.01. The molecular formula is C13H17NOS. The van der Waals surface area contributed by atoms with Crippen LogP contribution >= 0.6 is 11.8 Å². The van der Waals surface area contributed by atoms with Crippen molar-refractivity contribution in [1.29, 1.82) is 0 Å². The number of nitrogens with one attached hydrogen (secondary N) is 1. The van der Waals surface area contributed by atoms with Gasteiger partial charge in [-0.15, -0.1) is 0 Å². The number of hydrogen-bond donors (Lipinski definition) is 1. The number of thioether (sulfide) groups is 1. The Balaban J connectivity index is 1.88. The van der Waals surface area contributed by atoms with Crippen LogP contribution in [0.1, 0.15) is 18.1 Å². The van der Waals surface area contributed by atoms with E-state index in [1.807, 2.05) is 11.8 Å². The van der Waals surface area contributed by atoms with E-state index in [1.54, 1.807) is 0 Å². The average Bonchev–Trinajstić information content (AvgIpc) is 2.27. The Labute approximate surface area is 101 Å². The van der Waals surface area contributed by atoms with Gasteiger partial charge in [0.1, 0.15) is 11.4 Å². The third kappa shape index (κ3) is 1.82. The second-order valence-electron chi connectivity index (χ2n) is 4.87. The highest BCUT2D eigenvalue weighted by Crippen LogP contribution is 2.36. The highest BCUT2D eigenvalue weighted by molar-refractivity contribution is 8.00. The Morgan fingerprint density at radius 1 is 1.38 bits per heavy atom. The highest BCUT2D eigenvalue weighted by atomic mass is 32.2. The van der Waals surface area contributed by atoms with E-state index >= 15 is 0 Å². The molecule has 2 heterocycles. The Morgan fingerprint density at radius 3 is 3.00 bits per heavy atom. The summed E-state index contributed by atoms with van der Waals surface area (Å²) >= 11 is 1.96. The fraction of sp³-hybridized carbons (Fsp3) is 0.538. The molecule has 3 rings (SSSR count). The number of ether oxygens (including phenoxy) is 1. The lowest BCUT2D eigenvalue weighted by Gasteiger charge is -2.39.